The predicted molar refractivity (Wildman–Crippen MR) is 106 cm³/mol. The average Bonchev–Trinajstić information content (AvgIpc) is 2.86. The molecule has 1 aromatic rings. The van der Waals surface area contributed by atoms with Crippen molar-refractivity contribution in [2.45, 2.75) is 103 Å². The fourth-order valence-corrected chi connectivity index (χ4v) is 3.83. The Kier molecular flexibility index (Phi) is 8.15. The second-order valence-electron chi connectivity index (χ2n) is 8.02. The number of ether oxygens (including phenoxy) is 2. The lowest BCUT2D eigenvalue weighted by Gasteiger charge is -2.26. The molecule has 1 atom stereocenters. The molecular weight excluding hydrogens is 324 g/mol. The maximum atomic E-state index is 12.7. The van der Waals surface area contributed by atoms with Gasteiger partial charge in [0.2, 0.25) is 5.79 Å². The summed E-state index contributed by atoms with van der Waals surface area (Å²) in [4.78, 5) is 12.7. The van der Waals surface area contributed by atoms with E-state index in [9.17, 15) is 4.79 Å². The van der Waals surface area contributed by atoms with E-state index in [4.69, 9.17) is 9.47 Å². The number of cyclic esters (lactones) is 1. The van der Waals surface area contributed by atoms with Crippen LogP contribution in [0.5, 0.6) is 0 Å². The number of carbonyl (C=O) groups excluding carboxylic acids is 1. The van der Waals surface area contributed by atoms with Crippen molar-refractivity contribution in [3.05, 3.63) is 35.9 Å². The van der Waals surface area contributed by atoms with Gasteiger partial charge in [0.1, 0.15) is 0 Å². The van der Waals surface area contributed by atoms with Gasteiger partial charge in [0.05, 0.1) is 0 Å². The van der Waals surface area contributed by atoms with E-state index in [1.165, 1.54) is 51.4 Å². The van der Waals surface area contributed by atoms with Crippen LogP contribution < -0.4 is 0 Å². The van der Waals surface area contributed by atoms with Gasteiger partial charge in [-0.1, -0.05) is 95.0 Å². The lowest BCUT2D eigenvalue weighted by Crippen LogP contribution is -2.34. The molecule has 1 fully saturated rings. The molecule has 0 N–H and O–H groups in total. The van der Waals surface area contributed by atoms with Crippen LogP contribution in [0.25, 0.3) is 0 Å². The summed E-state index contributed by atoms with van der Waals surface area (Å²) in [6.45, 7) is 5.88. The van der Waals surface area contributed by atoms with Crippen molar-refractivity contribution in [1.29, 1.82) is 0 Å². The predicted octanol–water partition coefficient (Wildman–Crippen LogP) is 6.50. The molecule has 3 heteroatoms. The van der Waals surface area contributed by atoms with Gasteiger partial charge in [-0.15, -0.1) is 0 Å². The zero-order valence-electron chi connectivity index (χ0n) is 16.9. The molecule has 1 heterocycles. The second-order valence-corrected chi connectivity index (χ2v) is 8.02. The summed E-state index contributed by atoms with van der Waals surface area (Å²) in [6, 6.07) is 9.82. The molecule has 1 unspecified atom stereocenters. The largest absolute Gasteiger partial charge is 0.431 e. The number of rotatable bonds is 12. The lowest BCUT2D eigenvalue weighted by atomic mass is 9.88. The molecule has 2 rings (SSSR count). The van der Waals surface area contributed by atoms with Crippen LogP contribution in [0.3, 0.4) is 0 Å². The molecule has 26 heavy (non-hydrogen) atoms. The smallest absolute Gasteiger partial charge is 0.345 e. The molecule has 0 saturated carbocycles. The summed E-state index contributed by atoms with van der Waals surface area (Å²) in [5, 5.41) is 0. The first kappa shape index (κ1) is 21.0. The van der Waals surface area contributed by atoms with Gasteiger partial charge in [0.15, 0.2) is 5.60 Å². The van der Waals surface area contributed by atoms with Crippen LogP contribution in [-0.4, -0.2) is 11.8 Å². The maximum Gasteiger partial charge on any atom is 0.345 e. The van der Waals surface area contributed by atoms with Gasteiger partial charge < -0.3 is 9.47 Å². The van der Waals surface area contributed by atoms with Crippen LogP contribution in [0.4, 0.5) is 0 Å². The summed E-state index contributed by atoms with van der Waals surface area (Å²) < 4.78 is 11.6. The van der Waals surface area contributed by atoms with Gasteiger partial charge in [-0.2, -0.15) is 0 Å². The van der Waals surface area contributed by atoms with Crippen LogP contribution in [0.1, 0.15) is 97.0 Å². The first-order valence-corrected chi connectivity index (χ1v) is 10.5. The van der Waals surface area contributed by atoms with E-state index < -0.39 is 11.4 Å². The minimum Gasteiger partial charge on any atom is -0.431 e. The Labute approximate surface area is 159 Å². The topological polar surface area (TPSA) is 35.5 Å². The number of benzene rings is 1. The van der Waals surface area contributed by atoms with Crippen LogP contribution in [0, 0.1) is 0 Å². The molecule has 1 saturated heterocycles. The Bertz CT molecular complexity index is 538. The standard InChI is InChI=1S/C23H36O3/c1-4-5-6-7-8-9-10-11-12-16-19-23(20-17-14-13-15-18-20)21(24)25-22(2,3)26-23/h13-15,17-18H,4-12,16,19H2,1-3H3. The van der Waals surface area contributed by atoms with Crippen LogP contribution in [0.15, 0.2) is 30.3 Å². The minimum absolute atomic E-state index is 0.246. The highest BCUT2D eigenvalue weighted by Gasteiger charge is 2.54. The summed E-state index contributed by atoms with van der Waals surface area (Å²) in [5.41, 5.74) is -0.0308. The van der Waals surface area contributed by atoms with Gasteiger partial charge in [0.25, 0.3) is 0 Å². The van der Waals surface area contributed by atoms with Crippen molar-refractivity contribution in [3.8, 4) is 0 Å². The Hall–Kier alpha value is -1.35. The fraction of sp³-hybridized carbons (Fsp3) is 0.696. The summed E-state index contributed by atoms with van der Waals surface area (Å²) >= 11 is 0. The fourth-order valence-electron chi connectivity index (χ4n) is 3.83. The van der Waals surface area contributed by atoms with Gasteiger partial charge >= 0.3 is 5.97 Å². The molecule has 1 aliphatic rings. The Morgan fingerprint density at radius 2 is 1.35 bits per heavy atom. The number of esters is 1. The second kappa shape index (κ2) is 10.1. The molecule has 1 aromatic carbocycles. The van der Waals surface area contributed by atoms with Gasteiger partial charge in [0, 0.05) is 13.8 Å². The van der Waals surface area contributed by atoms with Gasteiger partial charge in [-0.25, -0.2) is 4.79 Å². The lowest BCUT2D eigenvalue weighted by molar-refractivity contribution is -0.168. The van der Waals surface area contributed by atoms with Gasteiger partial charge in [-0.3, -0.25) is 0 Å². The van der Waals surface area contributed by atoms with Crippen molar-refractivity contribution in [2.24, 2.45) is 0 Å². The molecule has 0 radical (unpaired) electrons. The van der Waals surface area contributed by atoms with Crippen LogP contribution in [0.2, 0.25) is 0 Å². The zero-order valence-corrected chi connectivity index (χ0v) is 16.9. The molecule has 1 aliphatic heterocycles. The molecule has 0 aliphatic carbocycles. The van der Waals surface area contributed by atoms with Crippen LogP contribution >= 0.6 is 0 Å². The van der Waals surface area contributed by atoms with E-state index in [2.05, 4.69) is 6.92 Å². The third-order valence-corrected chi connectivity index (χ3v) is 5.21. The van der Waals surface area contributed by atoms with Crippen molar-refractivity contribution >= 4 is 5.97 Å². The first-order valence-electron chi connectivity index (χ1n) is 10.5. The Morgan fingerprint density at radius 1 is 0.808 bits per heavy atom. The van der Waals surface area contributed by atoms with E-state index in [1.807, 2.05) is 44.2 Å². The quantitative estimate of drug-likeness (QED) is 0.315. The Balaban J connectivity index is 1.78. The zero-order chi connectivity index (χ0) is 18.9. The monoisotopic (exact) mass is 360 g/mol. The third kappa shape index (κ3) is 5.84. The highest BCUT2D eigenvalue weighted by atomic mass is 16.8. The van der Waals surface area contributed by atoms with E-state index in [0.29, 0.717) is 6.42 Å². The number of hydrogen-bond donors (Lipinski definition) is 0. The Morgan fingerprint density at radius 3 is 1.85 bits per heavy atom. The normalized spacial score (nSPS) is 21.7. The maximum absolute atomic E-state index is 12.7. The summed E-state index contributed by atoms with van der Waals surface area (Å²) in [7, 11) is 0. The molecule has 3 nitrogen and oxygen atoms in total. The molecule has 0 aromatic heterocycles. The SMILES string of the molecule is CCCCCCCCCCCCC1(c2ccccc2)OC(C)(C)OC1=O. The molecule has 0 bridgehead atoms. The molecule has 0 spiro atoms. The highest BCUT2D eigenvalue weighted by molar-refractivity contribution is 5.83. The van der Waals surface area contributed by atoms with E-state index in [-0.39, 0.29) is 5.97 Å². The average molecular weight is 361 g/mol. The van der Waals surface area contributed by atoms with Crippen molar-refractivity contribution in [3.63, 3.8) is 0 Å². The third-order valence-electron chi connectivity index (χ3n) is 5.21. The summed E-state index contributed by atoms with van der Waals surface area (Å²) in [5.74, 6) is -1.10. The number of carbonyl (C=O) groups is 1. The van der Waals surface area contributed by atoms with Crippen molar-refractivity contribution in [2.75, 3.05) is 0 Å². The van der Waals surface area contributed by atoms with Crippen molar-refractivity contribution in [1.82, 2.24) is 0 Å². The molecule has 0 amide bonds. The van der Waals surface area contributed by atoms with Crippen molar-refractivity contribution < 1.29 is 14.3 Å². The van der Waals surface area contributed by atoms with Gasteiger partial charge in [-0.05, 0) is 18.4 Å². The number of unbranched alkanes of at least 4 members (excludes halogenated alkanes) is 9. The number of hydrogen-bond acceptors (Lipinski definition) is 3. The molecular formula is C23H36O3. The van der Waals surface area contributed by atoms with E-state index in [1.54, 1.807) is 0 Å². The van der Waals surface area contributed by atoms with E-state index >= 15 is 0 Å². The minimum atomic E-state index is -0.940. The molecule has 146 valence electrons. The highest BCUT2D eigenvalue weighted by Crippen LogP contribution is 2.43. The summed E-state index contributed by atoms with van der Waals surface area (Å²) in [6.07, 6.45) is 13.5. The first-order chi connectivity index (χ1) is 12.5. The van der Waals surface area contributed by atoms with Crippen LogP contribution in [-0.2, 0) is 19.9 Å². The van der Waals surface area contributed by atoms with E-state index in [0.717, 1.165) is 18.4 Å².